The number of hydrogen-bond acceptors (Lipinski definition) is 2. The molecule has 0 fully saturated rings. The molecule has 0 bridgehead atoms. The number of nitriles is 1. The third-order valence-electron chi connectivity index (χ3n) is 2.78. The third-order valence-corrected chi connectivity index (χ3v) is 2.78. The minimum absolute atomic E-state index is 0.764. The molecule has 1 rings (SSSR count). The molecule has 0 saturated carbocycles. The second kappa shape index (κ2) is 6.90. The van der Waals surface area contributed by atoms with Gasteiger partial charge in [-0.15, -0.1) is 0 Å². The predicted molar refractivity (Wildman–Crippen MR) is 68.6 cm³/mol. The fourth-order valence-electron chi connectivity index (χ4n) is 1.80. The molecule has 0 aliphatic rings. The van der Waals surface area contributed by atoms with Crippen molar-refractivity contribution >= 4 is 5.69 Å². The Bertz CT molecular complexity index is 352. The molecule has 0 unspecified atom stereocenters. The summed E-state index contributed by atoms with van der Waals surface area (Å²) in [6.45, 7) is 3.24. The molecule has 0 saturated heterocycles. The number of unbranched alkanes of at least 4 members (excludes halogenated alkanes) is 3. The molecule has 0 atom stereocenters. The Morgan fingerprint density at radius 1 is 1.19 bits per heavy atom. The van der Waals surface area contributed by atoms with Gasteiger partial charge in [0.2, 0.25) is 0 Å². The van der Waals surface area contributed by atoms with Crippen LogP contribution in [-0.2, 0) is 0 Å². The first-order chi connectivity index (χ1) is 7.79. The smallest absolute Gasteiger partial charge is 0.101 e. The molecule has 86 valence electrons. The average Bonchev–Trinajstić information content (AvgIpc) is 2.34. The number of para-hydroxylation sites is 1. The van der Waals surface area contributed by atoms with Gasteiger partial charge in [0, 0.05) is 13.6 Å². The Balaban J connectivity index is 2.52. The molecule has 0 radical (unpaired) electrons. The van der Waals surface area contributed by atoms with Crippen LogP contribution in [0.3, 0.4) is 0 Å². The minimum atomic E-state index is 0.764. The summed E-state index contributed by atoms with van der Waals surface area (Å²) in [7, 11) is 2.06. The highest BCUT2D eigenvalue weighted by molar-refractivity contribution is 5.58. The molecule has 0 amide bonds. The highest BCUT2D eigenvalue weighted by atomic mass is 15.1. The zero-order valence-corrected chi connectivity index (χ0v) is 10.2. The summed E-state index contributed by atoms with van der Waals surface area (Å²) in [4.78, 5) is 2.17. The summed E-state index contributed by atoms with van der Waals surface area (Å²) in [6.07, 6.45) is 5.03. The standard InChI is InChI=1S/C14H20N2/c1-3-4-5-8-11-16(2)14-10-7-6-9-13(14)12-15/h6-7,9-10H,3-5,8,11H2,1-2H3. The Morgan fingerprint density at radius 2 is 1.94 bits per heavy atom. The van der Waals surface area contributed by atoms with Crippen molar-refractivity contribution in [3.05, 3.63) is 29.8 Å². The first-order valence-corrected chi connectivity index (χ1v) is 6.00. The molecule has 1 aromatic rings. The van der Waals surface area contributed by atoms with Crippen LogP contribution in [-0.4, -0.2) is 13.6 Å². The Hall–Kier alpha value is -1.49. The van der Waals surface area contributed by atoms with Crippen molar-refractivity contribution in [2.45, 2.75) is 32.6 Å². The van der Waals surface area contributed by atoms with Crippen LogP contribution in [0.2, 0.25) is 0 Å². The molecular formula is C14H20N2. The van der Waals surface area contributed by atoms with Gasteiger partial charge in [0.05, 0.1) is 11.3 Å². The van der Waals surface area contributed by atoms with Gasteiger partial charge in [0.1, 0.15) is 6.07 Å². The topological polar surface area (TPSA) is 27.0 Å². The van der Waals surface area contributed by atoms with E-state index in [1.807, 2.05) is 24.3 Å². The number of anilines is 1. The van der Waals surface area contributed by atoms with Gasteiger partial charge in [-0.25, -0.2) is 0 Å². The van der Waals surface area contributed by atoms with E-state index in [0.717, 1.165) is 17.8 Å². The van der Waals surface area contributed by atoms with Gasteiger partial charge in [0.25, 0.3) is 0 Å². The lowest BCUT2D eigenvalue weighted by atomic mass is 10.1. The van der Waals surface area contributed by atoms with Gasteiger partial charge >= 0.3 is 0 Å². The minimum Gasteiger partial charge on any atom is -0.374 e. The lowest BCUT2D eigenvalue weighted by Gasteiger charge is -2.20. The monoisotopic (exact) mass is 216 g/mol. The van der Waals surface area contributed by atoms with Crippen molar-refractivity contribution in [2.75, 3.05) is 18.5 Å². The van der Waals surface area contributed by atoms with E-state index in [0.29, 0.717) is 0 Å². The number of nitrogens with zero attached hydrogens (tertiary/aromatic N) is 2. The molecule has 2 heteroatoms. The molecule has 16 heavy (non-hydrogen) atoms. The van der Waals surface area contributed by atoms with Crippen LogP contribution in [0.5, 0.6) is 0 Å². The van der Waals surface area contributed by atoms with E-state index in [-0.39, 0.29) is 0 Å². The van der Waals surface area contributed by atoms with E-state index >= 15 is 0 Å². The summed E-state index contributed by atoms with van der Waals surface area (Å²) in [6, 6.07) is 10.0. The number of rotatable bonds is 6. The van der Waals surface area contributed by atoms with Gasteiger partial charge < -0.3 is 4.90 Å². The highest BCUT2D eigenvalue weighted by Crippen LogP contribution is 2.18. The molecule has 0 N–H and O–H groups in total. The van der Waals surface area contributed by atoms with Crippen molar-refractivity contribution in [1.82, 2.24) is 0 Å². The predicted octanol–water partition coefficient (Wildman–Crippen LogP) is 3.57. The molecule has 0 spiro atoms. The maximum atomic E-state index is 9.00. The maximum absolute atomic E-state index is 9.00. The molecule has 0 aliphatic carbocycles. The maximum Gasteiger partial charge on any atom is 0.101 e. The Labute approximate surface area is 98.5 Å². The van der Waals surface area contributed by atoms with Crippen LogP contribution in [0.15, 0.2) is 24.3 Å². The zero-order chi connectivity index (χ0) is 11.8. The van der Waals surface area contributed by atoms with E-state index in [1.165, 1.54) is 25.7 Å². The normalized spacial score (nSPS) is 9.81. The van der Waals surface area contributed by atoms with Gasteiger partial charge in [-0.1, -0.05) is 38.3 Å². The van der Waals surface area contributed by atoms with Gasteiger partial charge in [0.15, 0.2) is 0 Å². The fourth-order valence-corrected chi connectivity index (χ4v) is 1.80. The summed E-state index contributed by atoms with van der Waals surface area (Å²) < 4.78 is 0. The van der Waals surface area contributed by atoms with Crippen molar-refractivity contribution < 1.29 is 0 Å². The Kier molecular flexibility index (Phi) is 5.42. The lowest BCUT2D eigenvalue weighted by Crippen LogP contribution is -2.19. The van der Waals surface area contributed by atoms with E-state index < -0.39 is 0 Å². The molecule has 0 aromatic heterocycles. The van der Waals surface area contributed by atoms with Crippen molar-refractivity contribution in [2.24, 2.45) is 0 Å². The first-order valence-electron chi connectivity index (χ1n) is 6.00. The molecule has 0 heterocycles. The summed E-state index contributed by atoms with van der Waals surface area (Å²) in [5.41, 5.74) is 1.81. The first kappa shape index (κ1) is 12.6. The van der Waals surface area contributed by atoms with Crippen LogP contribution in [0, 0.1) is 11.3 Å². The van der Waals surface area contributed by atoms with Gasteiger partial charge in [-0.3, -0.25) is 0 Å². The van der Waals surface area contributed by atoms with E-state index in [4.69, 9.17) is 5.26 Å². The van der Waals surface area contributed by atoms with Crippen LogP contribution in [0.25, 0.3) is 0 Å². The van der Waals surface area contributed by atoms with Crippen LogP contribution < -0.4 is 4.90 Å². The summed E-state index contributed by atoms with van der Waals surface area (Å²) in [5.74, 6) is 0. The van der Waals surface area contributed by atoms with E-state index in [9.17, 15) is 0 Å². The third kappa shape index (κ3) is 3.58. The largest absolute Gasteiger partial charge is 0.374 e. The quantitative estimate of drug-likeness (QED) is 0.680. The average molecular weight is 216 g/mol. The lowest BCUT2D eigenvalue weighted by molar-refractivity contribution is 0.661. The fraction of sp³-hybridized carbons (Fsp3) is 0.500. The number of hydrogen-bond donors (Lipinski definition) is 0. The van der Waals surface area contributed by atoms with E-state index in [1.54, 1.807) is 0 Å². The zero-order valence-electron chi connectivity index (χ0n) is 10.2. The SMILES string of the molecule is CCCCCCN(C)c1ccccc1C#N. The highest BCUT2D eigenvalue weighted by Gasteiger charge is 2.05. The summed E-state index contributed by atoms with van der Waals surface area (Å²) in [5, 5.41) is 9.00. The van der Waals surface area contributed by atoms with Crippen molar-refractivity contribution in [3.8, 4) is 6.07 Å². The second-order valence-electron chi connectivity index (χ2n) is 4.11. The molecule has 2 nitrogen and oxygen atoms in total. The molecule has 1 aromatic carbocycles. The van der Waals surface area contributed by atoms with E-state index in [2.05, 4.69) is 24.9 Å². The van der Waals surface area contributed by atoms with Crippen LogP contribution >= 0.6 is 0 Å². The van der Waals surface area contributed by atoms with Crippen molar-refractivity contribution in [3.63, 3.8) is 0 Å². The second-order valence-corrected chi connectivity index (χ2v) is 4.11. The van der Waals surface area contributed by atoms with Crippen LogP contribution in [0.4, 0.5) is 5.69 Å². The summed E-state index contributed by atoms with van der Waals surface area (Å²) >= 11 is 0. The van der Waals surface area contributed by atoms with Gasteiger partial charge in [-0.2, -0.15) is 5.26 Å². The number of benzene rings is 1. The van der Waals surface area contributed by atoms with Gasteiger partial charge in [-0.05, 0) is 18.6 Å². The Morgan fingerprint density at radius 3 is 2.62 bits per heavy atom. The molecular weight excluding hydrogens is 196 g/mol. The van der Waals surface area contributed by atoms with Crippen molar-refractivity contribution in [1.29, 1.82) is 5.26 Å². The molecule has 0 aliphatic heterocycles. The van der Waals surface area contributed by atoms with Crippen LogP contribution in [0.1, 0.15) is 38.2 Å².